The molecular formula is C13H17BrN2O3. The number of aryl methyl sites for hydroxylation is 2. The van der Waals surface area contributed by atoms with Gasteiger partial charge in [0.1, 0.15) is 0 Å². The van der Waals surface area contributed by atoms with Gasteiger partial charge in [-0.3, -0.25) is 9.59 Å². The number of carbonyl (C=O) groups is 2. The Morgan fingerprint density at radius 2 is 1.79 bits per heavy atom. The lowest BCUT2D eigenvalue weighted by Gasteiger charge is -2.14. The van der Waals surface area contributed by atoms with Crippen molar-refractivity contribution in [1.82, 2.24) is 5.32 Å². The second-order valence-corrected chi connectivity index (χ2v) is 5.34. The van der Waals surface area contributed by atoms with Gasteiger partial charge in [0.05, 0.1) is 6.61 Å². The molecular weight excluding hydrogens is 312 g/mol. The third kappa shape index (κ3) is 4.33. The average molecular weight is 329 g/mol. The highest BCUT2D eigenvalue weighted by molar-refractivity contribution is 9.10. The normalized spacial score (nSPS) is 11.8. The molecule has 0 unspecified atom stereocenters. The third-order valence-electron chi connectivity index (χ3n) is 2.59. The van der Waals surface area contributed by atoms with Crippen molar-refractivity contribution in [1.29, 1.82) is 0 Å². The van der Waals surface area contributed by atoms with Gasteiger partial charge in [-0.05, 0) is 44.0 Å². The van der Waals surface area contributed by atoms with E-state index < -0.39 is 17.9 Å². The minimum atomic E-state index is -0.761. The SMILES string of the molecule is Cc1cc(Br)cc(C)c1NC(=O)C(=O)N[C@@H](C)CO. The van der Waals surface area contributed by atoms with Gasteiger partial charge in [-0.15, -0.1) is 0 Å². The van der Waals surface area contributed by atoms with Crippen LogP contribution in [0.15, 0.2) is 16.6 Å². The highest BCUT2D eigenvalue weighted by Gasteiger charge is 2.17. The Bertz CT molecular complexity index is 480. The standard InChI is InChI=1S/C13H17BrN2O3/c1-7-4-10(14)5-8(2)11(7)16-13(19)12(18)15-9(3)6-17/h4-5,9,17H,6H2,1-3H3,(H,15,18)(H,16,19)/t9-/m0/s1. The zero-order valence-corrected chi connectivity index (χ0v) is 12.7. The lowest BCUT2D eigenvalue weighted by Crippen LogP contribution is -2.42. The molecule has 0 aliphatic rings. The van der Waals surface area contributed by atoms with Crippen molar-refractivity contribution >= 4 is 33.4 Å². The van der Waals surface area contributed by atoms with Crippen LogP contribution in [0.25, 0.3) is 0 Å². The number of anilines is 1. The summed E-state index contributed by atoms with van der Waals surface area (Å²) < 4.78 is 0.916. The van der Waals surface area contributed by atoms with E-state index in [0.717, 1.165) is 15.6 Å². The van der Waals surface area contributed by atoms with E-state index in [1.54, 1.807) is 6.92 Å². The summed E-state index contributed by atoms with van der Waals surface area (Å²) in [4.78, 5) is 23.3. The van der Waals surface area contributed by atoms with Crippen molar-refractivity contribution < 1.29 is 14.7 Å². The van der Waals surface area contributed by atoms with Crippen molar-refractivity contribution in [2.75, 3.05) is 11.9 Å². The van der Waals surface area contributed by atoms with Gasteiger partial charge in [-0.25, -0.2) is 0 Å². The number of benzene rings is 1. The van der Waals surface area contributed by atoms with Gasteiger partial charge < -0.3 is 15.7 Å². The number of nitrogens with one attached hydrogen (secondary N) is 2. The van der Waals surface area contributed by atoms with E-state index in [-0.39, 0.29) is 6.61 Å². The predicted molar refractivity (Wildman–Crippen MR) is 76.9 cm³/mol. The summed E-state index contributed by atoms with van der Waals surface area (Å²) in [6, 6.07) is 3.26. The molecule has 2 amide bonds. The molecule has 0 aromatic heterocycles. The molecule has 3 N–H and O–H groups in total. The van der Waals surface area contributed by atoms with Crippen molar-refractivity contribution in [3.8, 4) is 0 Å². The van der Waals surface area contributed by atoms with Crippen molar-refractivity contribution in [3.05, 3.63) is 27.7 Å². The number of halogens is 1. The summed E-state index contributed by atoms with van der Waals surface area (Å²) in [6.07, 6.45) is 0. The number of rotatable bonds is 3. The molecule has 0 aliphatic carbocycles. The van der Waals surface area contributed by atoms with Gasteiger partial charge in [-0.2, -0.15) is 0 Å². The van der Waals surface area contributed by atoms with E-state index in [9.17, 15) is 9.59 Å². The maximum atomic E-state index is 11.7. The fourth-order valence-electron chi connectivity index (χ4n) is 1.61. The van der Waals surface area contributed by atoms with E-state index in [1.165, 1.54) is 0 Å². The zero-order chi connectivity index (χ0) is 14.6. The van der Waals surface area contributed by atoms with Crippen LogP contribution in [-0.2, 0) is 9.59 Å². The predicted octanol–water partition coefficient (Wildman–Crippen LogP) is 1.50. The molecule has 6 heteroatoms. The number of aliphatic hydroxyl groups is 1. The minimum absolute atomic E-state index is 0.213. The Morgan fingerprint density at radius 3 is 2.26 bits per heavy atom. The van der Waals surface area contributed by atoms with E-state index in [4.69, 9.17) is 5.11 Å². The van der Waals surface area contributed by atoms with E-state index in [2.05, 4.69) is 26.6 Å². The van der Waals surface area contributed by atoms with Crippen LogP contribution in [0.5, 0.6) is 0 Å². The van der Waals surface area contributed by atoms with Crippen molar-refractivity contribution in [3.63, 3.8) is 0 Å². The van der Waals surface area contributed by atoms with Crippen LogP contribution in [0.2, 0.25) is 0 Å². The summed E-state index contributed by atoms with van der Waals surface area (Å²) in [5.41, 5.74) is 2.35. The minimum Gasteiger partial charge on any atom is -0.394 e. The van der Waals surface area contributed by atoms with Crippen LogP contribution in [0.1, 0.15) is 18.1 Å². The first-order chi connectivity index (χ1) is 8.85. The number of hydrogen-bond acceptors (Lipinski definition) is 3. The molecule has 104 valence electrons. The van der Waals surface area contributed by atoms with Gasteiger partial charge in [0, 0.05) is 16.2 Å². The zero-order valence-electron chi connectivity index (χ0n) is 11.1. The van der Waals surface area contributed by atoms with Crippen LogP contribution in [0, 0.1) is 13.8 Å². The van der Waals surface area contributed by atoms with Gasteiger partial charge in [-0.1, -0.05) is 15.9 Å². The summed E-state index contributed by atoms with van der Waals surface area (Å²) in [6.45, 7) is 5.10. The first kappa shape index (κ1) is 15.7. The maximum Gasteiger partial charge on any atom is 0.313 e. The lowest BCUT2D eigenvalue weighted by atomic mass is 10.1. The third-order valence-corrected chi connectivity index (χ3v) is 3.05. The van der Waals surface area contributed by atoms with Crippen LogP contribution in [0.4, 0.5) is 5.69 Å². The lowest BCUT2D eigenvalue weighted by molar-refractivity contribution is -0.136. The number of hydrogen-bond donors (Lipinski definition) is 3. The molecule has 0 bridgehead atoms. The van der Waals surface area contributed by atoms with E-state index >= 15 is 0 Å². The molecule has 1 aromatic carbocycles. The molecule has 0 spiro atoms. The largest absolute Gasteiger partial charge is 0.394 e. The summed E-state index contributed by atoms with van der Waals surface area (Å²) >= 11 is 3.36. The maximum absolute atomic E-state index is 11.7. The van der Waals surface area contributed by atoms with Gasteiger partial charge in [0.25, 0.3) is 0 Å². The van der Waals surface area contributed by atoms with Crippen molar-refractivity contribution in [2.24, 2.45) is 0 Å². The number of carbonyl (C=O) groups excluding carboxylic acids is 2. The monoisotopic (exact) mass is 328 g/mol. The molecule has 1 rings (SSSR count). The van der Waals surface area contributed by atoms with Gasteiger partial charge in [0.15, 0.2) is 0 Å². The Morgan fingerprint density at radius 1 is 1.26 bits per heavy atom. The smallest absolute Gasteiger partial charge is 0.313 e. The fourth-order valence-corrected chi connectivity index (χ4v) is 2.30. The molecule has 0 saturated heterocycles. The Balaban J connectivity index is 2.80. The summed E-state index contributed by atoms with van der Waals surface area (Å²) in [5, 5.41) is 13.8. The van der Waals surface area contributed by atoms with Crippen LogP contribution < -0.4 is 10.6 Å². The highest BCUT2D eigenvalue weighted by Crippen LogP contribution is 2.24. The van der Waals surface area contributed by atoms with Gasteiger partial charge >= 0.3 is 11.8 Å². The highest BCUT2D eigenvalue weighted by atomic mass is 79.9. The molecule has 1 atom stereocenters. The van der Waals surface area contributed by atoms with Crippen LogP contribution in [-0.4, -0.2) is 29.6 Å². The molecule has 0 radical (unpaired) electrons. The molecule has 0 fully saturated rings. The quantitative estimate of drug-likeness (QED) is 0.736. The number of aliphatic hydroxyl groups excluding tert-OH is 1. The van der Waals surface area contributed by atoms with E-state index in [1.807, 2.05) is 26.0 Å². The van der Waals surface area contributed by atoms with E-state index in [0.29, 0.717) is 5.69 Å². The summed E-state index contributed by atoms with van der Waals surface area (Å²) in [7, 11) is 0. The Hall–Kier alpha value is -1.40. The first-order valence-corrected chi connectivity index (χ1v) is 6.64. The molecule has 19 heavy (non-hydrogen) atoms. The van der Waals surface area contributed by atoms with Gasteiger partial charge in [0.2, 0.25) is 0 Å². The molecule has 1 aromatic rings. The second kappa shape index (κ2) is 6.68. The Labute approximate surface area is 120 Å². The molecule has 0 heterocycles. The topological polar surface area (TPSA) is 78.4 Å². The average Bonchev–Trinajstić information content (AvgIpc) is 2.32. The summed E-state index contributed by atoms with van der Waals surface area (Å²) in [5.74, 6) is -1.50. The molecule has 5 nitrogen and oxygen atoms in total. The number of amides is 2. The second-order valence-electron chi connectivity index (χ2n) is 4.43. The first-order valence-electron chi connectivity index (χ1n) is 5.84. The van der Waals surface area contributed by atoms with Crippen molar-refractivity contribution in [2.45, 2.75) is 26.8 Å². The molecule has 0 aliphatic heterocycles. The van der Waals surface area contributed by atoms with Crippen LogP contribution in [0.3, 0.4) is 0 Å². The fraction of sp³-hybridized carbons (Fsp3) is 0.385. The Kier molecular flexibility index (Phi) is 5.50. The van der Waals surface area contributed by atoms with Crippen LogP contribution >= 0.6 is 15.9 Å². The molecule has 0 saturated carbocycles.